The van der Waals surface area contributed by atoms with E-state index in [1.54, 1.807) is 0 Å². The van der Waals surface area contributed by atoms with E-state index in [0.717, 1.165) is 51.4 Å². The summed E-state index contributed by atoms with van der Waals surface area (Å²) in [6, 6.07) is -1.19. The van der Waals surface area contributed by atoms with Crippen LogP contribution in [0.1, 0.15) is 251 Å². The molecule has 1 heterocycles. The van der Waals surface area contributed by atoms with Gasteiger partial charge in [-0.05, 0) is 57.8 Å². The second-order valence-electron chi connectivity index (χ2n) is 19.6. The summed E-state index contributed by atoms with van der Waals surface area (Å²) in [7, 11) is 0. The van der Waals surface area contributed by atoms with Gasteiger partial charge in [-0.3, -0.25) is 4.79 Å². The van der Waals surface area contributed by atoms with Gasteiger partial charge in [-0.25, -0.2) is 0 Å². The van der Waals surface area contributed by atoms with Crippen LogP contribution in [0.2, 0.25) is 0 Å². The van der Waals surface area contributed by atoms with E-state index in [4.69, 9.17) is 9.47 Å². The number of carbonyl (C=O) groups is 1. The third-order valence-electron chi connectivity index (χ3n) is 13.5. The molecule has 11 heteroatoms. The first-order valence-electron chi connectivity index (χ1n) is 27.7. The maximum atomic E-state index is 13.1. The van der Waals surface area contributed by atoms with Crippen molar-refractivity contribution in [3.8, 4) is 0 Å². The molecular weight excluding hydrogens is 835 g/mol. The van der Waals surface area contributed by atoms with Crippen molar-refractivity contribution in [2.75, 3.05) is 13.2 Å². The van der Waals surface area contributed by atoms with Crippen LogP contribution in [0, 0.1) is 0 Å². The molecular formula is C55H105NO10. The predicted molar refractivity (Wildman–Crippen MR) is 270 cm³/mol. The van der Waals surface area contributed by atoms with E-state index in [2.05, 4.69) is 43.5 Å². The zero-order valence-electron chi connectivity index (χ0n) is 42.4. The number of ether oxygens (including phenoxy) is 2. The van der Waals surface area contributed by atoms with Gasteiger partial charge in [0, 0.05) is 0 Å². The van der Waals surface area contributed by atoms with Crippen LogP contribution >= 0.6 is 0 Å². The Kier molecular flexibility index (Phi) is 42.5. The van der Waals surface area contributed by atoms with Crippen molar-refractivity contribution in [2.24, 2.45) is 0 Å². The number of hydrogen-bond donors (Lipinski definition) is 8. The maximum absolute atomic E-state index is 13.1. The Morgan fingerprint density at radius 3 is 1.35 bits per heavy atom. The Labute approximate surface area is 404 Å². The molecule has 1 saturated heterocycles. The number of allylic oxidation sites excluding steroid dienone is 4. The maximum Gasteiger partial charge on any atom is 0.249 e. The lowest BCUT2D eigenvalue weighted by Gasteiger charge is -2.40. The molecule has 1 amide bonds. The molecule has 0 bridgehead atoms. The second kappa shape index (κ2) is 44.8. The SMILES string of the molecule is CCCC/C=C\CCCCCCC(O)C(=O)NC(COC1OC(CO)C(O)C(O)C1O)C(O)C(O)CCC/C=C/CCCCCCCCCCCCCCCCCCCCCCCCCC. The lowest BCUT2D eigenvalue weighted by Crippen LogP contribution is -2.60. The predicted octanol–water partition coefficient (Wildman–Crippen LogP) is 11.0. The molecule has 9 unspecified atom stereocenters. The first kappa shape index (κ1) is 62.6. The Morgan fingerprint density at radius 2 is 0.909 bits per heavy atom. The lowest BCUT2D eigenvalue weighted by molar-refractivity contribution is -0.303. The Bertz CT molecular complexity index is 1120. The normalized spacial score (nSPS) is 20.9. The average molecular weight is 940 g/mol. The number of aliphatic hydroxyl groups excluding tert-OH is 7. The highest BCUT2D eigenvalue weighted by atomic mass is 16.7. The van der Waals surface area contributed by atoms with Crippen LogP contribution in [-0.2, 0) is 14.3 Å². The molecule has 9 atom stereocenters. The lowest BCUT2D eigenvalue weighted by atomic mass is 9.98. The molecule has 66 heavy (non-hydrogen) atoms. The molecule has 8 N–H and O–H groups in total. The molecule has 390 valence electrons. The summed E-state index contributed by atoms with van der Waals surface area (Å²) in [5.41, 5.74) is 0. The molecule has 1 fully saturated rings. The molecule has 0 saturated carbocycles. The number of rotatable bonds is 47. The summed E-state index contributed by atoms with van der Waals surface area (Å²) in [6.07, 6.45) is 41.3. The number of amides is 1. The number of unbranched alkanes of at least 4 members (excludes halogenated alkanes) is 31. The van der Waals surface area contributed by atoms with E-state index in [0.29, 0.717) is 12.8 Å². The second-order valence-corrected chi connectivity index (χ2v) is 19.6. The first-order valence-corrected chi connectivity index (χ1v) is 27.7. The molecule has 0 aromatic heterocycles. The molecule has 11 nitrogen and oxygen atoms in total. The van der Waals surface area contributed by atoms with Crippen molar-refractivity contribution in [1.29, 1.82) is 0 Å². The van der Waals surface area contributed by atoms with Gasteiger partial charge < -0.3 is 50.5 Å². The largest absolute Gasteiger partial charge is 0.394 e. The first-order chi connectivity index (χ1) is 32.2. The third kappa shape index (κ3) is 33.2. The molecule has 0 aromatic rings. The highest BCUT2D eigenvalue weighted by molar-refractivity contribution is 5.80. The fourth-order valence-electron chi connectivity index (χ4n) is 8.89. The zero-order valence-corrected chi connectivity index (χ0v) is 42.4. The summed E-state index contributed by atoms with van der Waals surface area (Å²) < 4.78 is 11.1. The van der Waals surface area contributed by atoms with Gasteiger partial charge in [0.25, 0.3) is 0 Å². The Hall–Kier alpha value is -1.41. The monoisotopic (exact) mass is 940 g/mol. The summed E-state index contributed by atoms with van der Waals surface area (Å²) in [5, 5.41) is 75.7. The van der Waals surface area contributed by atoms with Gasteiger partial charge >= 0.3 is 0 Å². The van der Waals surface area contributed by atoms with Crippen molar-refractivity contribution in [3.63, 3.8) is 0 Å². The van der Waals surface area contributed by atoms with E-state index in [9.17, 15) is 40.5 Å². The van der Waals surface area contributed by atoms with E-state index in [1.807, 2.05) is 0 Å². The minimum absolute atomic E-state index is 0.239. The summed E-state index contributed by atoms with van der Waals surface area (Å²) in [4.78, 5) is 13.1. The Morgan fingerprint density at radius 1 is 0.515 bits per heavy atom. The van der Waals surface area contributed by atoms with Crippen LogP contribution in [0.15, 0.2) is 24.3 Å². The molecule has 1 aliphatic rings. The molecule has 0 aromatic carbocycles. The van der Waals surface area contributed by atoms with Crippen molar-refractivity contribution in [1.82, 2.24) is 5.32 Å². The topological polar surface area (TPSA) is 189 Å². The van der Waals surface area contributed by atoms with Crippen molar-refractivity contribution < 1.29 is 50.0 Å². The zero-order chi connectivity index (χ0) is 48.3. The minimum atomic E-state index is -1.67. The number of carbonyl (C=O) groups excluding carboxylic acids is 1. The summed E-state index contributed by atoms with van der Waals surface area (Å²) >= 11 is 0. The van der Waals surface area contributed by atoms with Crippen LogP contribution in [0.25, 0.3) is 0 Å². The van der Waals surface area contributed by atoms with Gasteiger partial charge in [0.05, 0.1) is 25.4 Å². The van der Waals surface area contributed by atoms with E-state index in [1.165, 1.54) is 161 Å². The van der Waals surface area contributed by atoms with Crippen LogP contribution in [-0.4, -0.2) is 110 Å². The molecule has 1 aliphatic heterocycles. The standard InChI is InChI=1S/C55H105NO10/c1-3-5-7-9-11-13-15-16-17-18-19-20-21-22-23-24-25-26-27-28-29-30-31-32-33-35-36-38-40-42-47(58)50(60)46(45-65-55-53(63)52(62)51(61)49(44-57)66-55)56-54(64)48(59)43-41-39-37-34-14-12-10-8-6-4-2/h10,12,35-36,46-53,55,57-63H,3-9,11,13-34,37-45H2,1-2H3,(H,56,64)/b12-10-,36-35+. The summed E-state index contributed by atoms with van der Waals surface area (Å²) in [6.45, 7) is 3.39. The minimum Gasteiger partial charge on any atom is -0.394 e. The van der Waals surface area contributed by atoms with Crippen LogP contribution in [0.4, 0.5) is 0 Å². The van der Waals surface area contributed by atoms with Gasteiger partial charge in [0.1, 0.15) is 36.6 Å². The van der Waals surface area contributed by atoms with Crippen molar-refractivity contribution in [3.05, 3.63) is 24.3 Å². The quantitative estimate of drug-likeness (QED) is 0.0215. The van der Waals surface area contributed by atoms with Gasteiger partial charge in [0.15, 0.2) is 6.29 Å². The fraction of sp³-hybridized carbons (Fsp3) is 0.909. The summed E-state index contributed by atoms with van der Waals surface area (Å²) in [5.74, 6) is -0.716. The van der Waals surface area contributed by atoms with Crippen LogP contribution in [0.3, 0.4) is 0 Å². The number of hydrogen-bond acceptors (Lipinski definition) is 10. The van der Waals surface area contributed by atoms with Crippen molar-refractivity contribution >= 4 is 5.91 Å². The van der Waals surface area contributed by atoms with Crippen LogP contribution < -0.4 is 5.32 Å². The number of nitrogens with one attached hydrogen (secondary N) is 1. The van der Waals surface area contributed by atoms with Crippen molar-refractivity contribution in [2.45, 2.75) is 306 Å². The van der Waals surface area contributed by atoms with Gasteiger partial charge in [0.2, 0.25) is 5.91 Å². The molecule has 0 radical (unpaired) electrons. The van der Waals surface area contributed by atoms with E-state index >= 15 is 0 Å². The van der Waals surface area contributed by atoms with Gasteiger partial charge in [-0.1, -0.05) is 218 Å². The highest BCUT2D eigenvalue weighted by Gasteiger charge is 2.44. The van der Waals surface area contributed by atoms with E-state index in [-0.39, 0.29) is 12.8 Å². The molecule has 0 aliphatic carbocycles. The smallest absolute Gasteiger partial charge is 0.249 e. The highest BCUT2D eigenvalue weighted by Crippen LogP contribution is 2.23. The molecule has 0 spiro atoms. The van der Waals surface area contributed by atoms with Gasteiger partial charge in [-0.2, -0.15) is 0 Å². The fourth-order valence-corrected chi connectivity index (χ4v) is 8.89. The van der Waals surface area contributed by atoms with Gasteiger partial charge in [-0.15, -0.1) is 0 Å². The van der Waals surface area contributed by atoms with Crippen LogP contribution in [0.5, 0.6) is 0 Å². The Balaban J connectivity index is 2.25. The third-order valence-corrected chi connectivity index (χ3v) is 13.5. The number of aliphatic hydroxyl groups is 7. The van der Waals surface area contributed by atoms with E-state index < -0.39 is 74.2 Å². The molecule has 1 rings (SSSR count). The average Bonchev–Trinajstić information content (AvgIpc) is 3.32.